The van der Waals surface area contributed by atoms with Crippen molar-refractivity contribution in [3.05, 3.63) is 46.3 Å². The second-order valence-corrected chi connectivity index (χ2v) is 7.52. The first-order chi connectivity index (χ1) is 13.3. The second kappa shape index (κ2) is 7.95. The van der Waals surface area contributed by atoms with Crippen LogP contribution in [0.2, 0.25) is 0 Å². The van der Waals surface area contributed by atoms with Gasteiger partial charge in [-0.25, -0.2) is 10.0 Å². The van der Waals surface area contributed by atoms with Crippen LogP contribution >= 0.6 is 11.3 Å². The number of nitrogens with one attached hydrogen (secondary N) is 1. The smallest absolute Gasteiger partial charge is 0.316 e. The molecule has 28 heavy (non-hydrogen) atoms. The third-order valence-electron chi connectivity index (χ3n) is 4.56. The molecule has 3 N–H and O–H groups in total. The van der Waals surface area contributed by atoms with E-state index in [1.54, 1.807) is 5.01 Å². The number of fused-ring (bicyclic) bond motifs is 1. The number of amides is 2. The fourth-order valence-electron chi connectivity index (χ4n) is 3.45. The van der Waals surface area contributed by atoms with Crippen molar-refractivity contribution in [3.63, 3.8) is 0 Å². The zero-order valence-corrected chi connectivity index (χ0v) is 15.6. The van der Waals surface area contributed by atoms with Gasteiger partial charge < -0.3 is 15.5 Å². The second-order valence-electron chi connectivity index (χ2n) is 6.48. The average Bonchev–Trinajstić information content (AvgIpc) is 3.28. The molecule has 1 saturated heterocycles. The maximum absolute atomic E-state index is 12.9. The lowest BCUT2D eigenvalue weighted by atomic mass is 9.98. The molecule has 2 atom stereocenters. The molecule has 0 aromatic carbocycles. The maximum Gasteiger partial charge on any atom is 0.316 e. The lowest BCUT2D eigenvalue weighted by Gasteiger charge is -2.24. The molecule has 0 radical (unpaired) electrons. The van der Waals surface area contributed by atoms with Gasteiger partial charge in [0.05, 0.1) is 18.5 Å². The quantitative estimate of drug-likeness (QED) is 0.536. The molecule has 10 heteroatoms. The fourth-order valence-corrected chi connectivity index (χ4v) is 4.15. The van der Waals surface area contributed by atoms with Gasteiger partial charge in [0.25, 0.3) is 5.91 Å². The summed E-state index contributed by atoms with van der Waals surface area (Å²) < 4.78 is 0. The number of hydrazine groups is 1. The summed E-state index contributed by atoms with van der Waals surface area (Å²) in [7, 11) is 0. The summed E-state index contributed by atoms with van der Waals surface area (Å²) in [4.78, 5) is 48.7. The molecule has 1 fully saturated rings. The normalized spacial score (nSPS) is 20.2. The molecule has 0 saturated carbocycles. The predicted octanol–water partition coefficient (Wildman–Crippen LogP) is 0.464. The Morgan fingerprint density at radius 2 is 2.11 bits per heavy atom. The zero-order chi connectivity index (χ0) is 20.4. The Morgan fingerprint density at radius 1 is 1.36 bits per heavy atom. The predicted molar refractivity (Wildman–Crippen MR) is 99.0 cm³/mol. The molecular formula is C18H19N3O6S. The minimum atomic E-state index is -1.23. The summed E-state index contributed by atoms with van der Waals surface area (Å²) >= 11 is 1.44. The third-order valence-corrected chi connectivity index (χ3v) is 5.43. The molecule has 2 aliphatic rings. The van der Waals surface area contributed by atoms with Gasteiger partial charge in [0.15, 0.2) is 0 Å². The topological polar surface area (TPSA) is 127 Å². The molecule has 3 heterocycles. The number of hydrogen-bond donors (Lipinski definition) is 3. The van der Waals surface area contributed by atoms with Crippen LogP contribution in [0.1, 0.15) is 11.3 Å². The molecule has 1 aromatic heterocycles. The lowest BCUT2D eigenvalue weighted by Crippen LogP contribution is -2.43. The summed E-state index contributed by atoms with van der Waals surface area (Å²) in [6, 6.07) is 2.83. The Kier molecular flexibility index (Phi) is 5.61. The van der Waals surface area contributed by atoms with E-state index in [1.807, 2.05) is 17.5 Å². The van der Waals surface area contributed by atoms with Crippen LogP contribution < -0.4 is 5.32 Å². The van der Waals surface area contributed by atoms with E-state index in [1.165, 1.54) is 22.4 Å². The first kappa shape index (κ1) is 19.8. The highest BCUT2D eigenvalue weighted by Gasteiger charge is 2.48. The lowest BCUT2D eigenvalue weighted by molar-refractivity contribution is -0.142. The van der Waals surface area contributed by atoms with Gasteiger partial charge in [0.1, 0.15) is 12.0 Å². The summed E-state index contributed by atoms with van der Waals surface area (Å²) in [5.74, 6) is -4.35. The van der Waals surface area contributed by atoms with Crippen LogP contribution in [0.15, 0.2) is 41.4 Å². The Morgan fingerprint density at radius 3 is 2.68 bits per heavy atom. The standard InChI is InChI=1S/C18H19N3O6S/c1-2-12(18(26)27)16-10(6-15(23)24)8-20-9-13(17(25)21(16)20)19-14(22)7-11-4-3-5-28-11/h2-5,12-13H,1,6-9H2,(H,19,22)(H,23,24)(H,26,27)/t12?,13-/m0/s1. The van der Waals surface area contributed by atoms with Crippen LogP contribution in [0.4, 0.5) is 0 Å². The van der Waals surface area contributed by atoms with E-state index in [-0.39, 0.29) is 37.5 Å². The van der Waals surface area contributed by atoms with Crippen LogP contribution in [0.3, 0.4) is 0 Å². The van der Waals surface area contributed by atoms with Gasteiger partial charge in [0, 0.05) is 18.0 Å². The maximum atomic E-state index is 12.9. The highest BCUT2D eigenvalue weighted by molar-refractivity contribution is 7.10. The Labute approximate surface area is 164 Å². The van der Waals surface area contributed by atoms with Crippen molar-refractivity contribution in [1.29, 1.82) is 0 Å². The van der Waals surface area contributed by atoms with E-state index in [4.69, 9.17) is 5.11 Å². The number of thiophene rings is 1. The van der Waals surface area contributed by atoms with E-state index >= 15 is 0 Å². The number of carbonyl (C=O) groups is 4. The minimum Gasteiger partial charge on any atom is -0.481 e. The van der Waals surface area contributed by atoms with Crippen molar-refractivity contribution < 1.29 is 29.4 Å². The molecule has 1 aromatic rings. The highest BCUT2D eigenvalue weighted by Crippen LogP contribution is 2.35. The van der Waals surface area contributed by atoms with E-state index in [9.17, 15) is 24.3 Å². The monoisotopic (exact) mass is 405 g/mol. The van der Waals surface area contributed by atoms with Crippen LogP contribution in [-0.4, -0.2) is 63.1 Å². The van der Waals surface area contributed by atoms with Crippen LogP contribution in [0, 0.1) is 5.92 Å². The van der Waals surface area contributed by atoms with Gasteiger partial charge in [-0.3, -0.25) is 19.2 Å². The fraction of sp³-hybridized carbons (Fsp3) is 0.333. The molecule has 1 unspecified atom stereocenters. The number of rotatable bonds is 8. The van der Waals surface area contributed by atoms with Gasteiger partial charge in [-0.05, 0) is 17.0 Å². The van der Waals surface area contributed by atoms with Gasteiger partial charge in [-0.15, -0.1) is 17.9 Å². The molecule has 0 spiro atoms. The van der Waals surface area contributed by atoms with E-state index < -0.39 is 29.8 Å². The molecular weight excluding hydrogens is 386 g/mol. The van der Waals surface area contributed by atoms with Gasteiger partial charge in [-0.2, -0.15) is 0 Å². The van der Waals surface area contributed by atoms with Crippen molar-refractivity contribution >= 4 is 35.1 Å². The molecule has 3 rings (SSSR count). The molecule has 148 valence electrons. The van der Waals surface area contributed by atoms with Crippen molar-refractivity contribution in [3.8, 4) is 0 Å². The van der Waals surface area contributed by atoms with Crippen LogP contribution in [0.5, 0.6) is 0 Å². The van der Waals surface area contributed by atoms with E-state index in [0.29, 0.717) is 5.57 Å². The average molecular weight is 405 g/mol. The Balaban J connectivity index is 1.80. The summed E-state index contributed by atoms with van der Waals surface area (Å²) in [6.07, 6.45) is 0.945. The third kappa shape index (κ3) is 3.82. The van der Waals surface area contributed by atoms with Crippen molar-refractivity contribution in [2.45, 2.75) is 18.9 Å². The van der Waals surface area contributed by atoms with Gasteiger partial charge in [-0.1, -0.05) is 12.1 Å². The van der Waals surface area contributed by atoms with Gasteiger partial charge >= 0.3 is 11.9 Å². The Hall–Kier alpha value is -2.98. The minimum absolute atomic E-state index is 0.102. The van der Waals surface area contributed by atoms with Crippen molar-refractivity contribution in [1.82, 2.24) is 15.3 Å². The van der Waals surface area contributed by atoms with Crippen LogP contribution in [0.25, 0.3) is 0 Å². The van der Waals surface area contributed by atoms with Crippen LogP contribution in [-0.2, 0) is 25.6 Å². The molecule has 0 bridgehead atoms. The van der Waals surface area contributed by atoms with Crippen molar-refractivity contribution in [2.24, 2.45) is 5.92 Å². The Bertz CT molecular complexity index is 863. The molecule has 0 aliphatic carbocycles. The summed E-state index contributed by atoms with van der Waals surface area (Å²) in [6.45, 7) is 3.76. The largest absolute Gasteiger partial charge is 0.481 e. The molecule has 2 amide bonds. The molecule has 9 nitrogen and oxygen atoms in total. The first-order valence-corrected chi connectivity index (χ1v) is 9.39. The number of aliphatic carboxylic acids is 2. The number of carboxylic acid groups (broad SMARTS) is 2. The summed E-state index contributed by atoms with van der Waals surface area (Å²) in [5, 5.41) is 25.9. The zero-order valence-electron chi connectivity index (χ0n) is 14.8. The first-order valence-electron chi connectivity index (χ1n) is 8.51. The number of hydrogen-bond acceptors (Lipinski definition) is 6. The van der Waals surface area contributed by atoms with E-state index in [2.05, 4.69) is 11.9 Å². The van der Waals surface area contributed by atoms with Gasteiger partial charge in [0.2, 0.25) is 5.91 Å². The molecule has 2 aliphatic heterocycles. The van der Waals surface area contributed by atoms with Crippen molar-refractivity contribution in [2.75, 3.05) is 13.1 Å². The number of carboxylic acids is 2. The van der Waals surface area contributed by atoms with E-state index in [0.717, 1.165) is 4.88 Å². The highest BCUT2D eigenvalue weighted by atomic mass is 32.1. The number of carbonyl (C=O) groups excluding carboxylic acids is 2. The number of nitrogens with zero attached hydrogens (tertiary/aromatic N) is 2. The SMILES string of the molecule is C=CC(C(=O)O)C1=C(CC(=O)O)CN2C[C@H](NC(=O)Cc3cccs3)C(=O)N12. The summed E-state index contributed by atoms with van der Waals surface area (Å²) in [5.41, 5.74) is 0.446.